The molecule has 0 unspecified atom stereocenters. The van der Waals surface area contributed by atoms with Crippen molar-refractivity contribution in [2.75, 3.05) is 0 Å². The minimum absolute atomic E-state index is 0.202. The van der Waals surface area contributed by atoms with E-state index >= 15 is 0 Å². The third-order valence-corrected chi connectivity index (χ3v) is 4.08. The molecule has 0 fully saturated rings. The van der Waals surface area contributed by atoms with Crippen LogP contribution in [0.25, 0.3) is 17.1 Å². The second-order valence-corrected chi connectivity index (χ2v) is 6.70. The summed E-state index contributed by atoms with van der Waals surface area (Å²) in [6, 6.07) is 17.1. The van der Waals surface area contributed by atoms with Gasteiger partial charge >= 0.3 is 0 Å². The molecule has 0 amide bonds. The SMILES string of the molecule is CC(C)Sc1nnc(-c2ccccc2O)n1-c1ccccc1. The van der Waals surface area contributed by atoms with E-state index < -0.39 is 0 Å². The van der Waals surface area contributed by atoms with Gasteiger partial charge in [0.15, 0.2) is 11.0 Å². The van der Waals surface area contributed by atoms with E-state index in [0.29, 0.717) is 16.6 Å². The summed E-state index contributed by atoms with van der Waals surface area (Å²) >= 11 is 1.65. The van der Waals surface area contributed by atoms with Crippen LogP contribution in [0, 0.1) is 0 Å². The molecule has 0 bridgehead atoms. The molecule has 22 heavy (non-hydrogen) atoms. The van der Waals surface area contributed by atoms with Crippen molar-refractivity contribution in [1.29, 1.82) is 0 Å². The van der Waals surface area contributed by atoms with E-state index in [1.54, 1.807) is 23.9 Å². The van der Waals surface area contributed by atoms with Crippen LogP contribution in [-0.2, 0) is 0 Å². The third-order valence-electron chi connectivity index (χ3n) is 3.13. The summed E-state index contributed by atoms with van der Waals surface area (Å²) < 4.78 is 1.99. The molecule has 0 aliphatic rings. The van der Waals surface area contributed by atoms with E-state index in [4.69, 9.17) is 0 Å². The van der Waals surface area contributed by atoms with Crippen molar-refractivity contribution in [2.45, 2.75) is 24.3 Å². The highest BCUT2D eigenvalue weighted by atomic mass is 32.2. The van der Waals surface area contributed by atoms with Gasteiger partial charge in [0, 0.05) is 10.9 Å². The zero-order valence-corrected chi connectivity index (χ0v) is 13.3. The van der Waals surface area contributed by atoms with Crippen LogP contribution in [0.4, 0.5) is 0 Å². The van der Waals surface area contributed by atoms with Crippen LogP contribution in [0.3, 0.4) is 0 Å². The number of hydrogen-bond donors (Lipinski definition) is 1. The molecule has 2 aromatic carbocycles. The first kappa shape index (κ1) is 14.7. The quantitative estimate of drug-likeness (QED) is 0.736. The summed E-state index contributed by atoms with van der Waals surface area (Å²) in [6.07, 6.45) is 0. The Hall–Kier alpha value is -2.27. The number of hydrogen-bond acceptors (Lipinski definition) is 4. The standard InChI is InChI=1S/C17H17N3OS/c1-12(2)22-17-19-18-16(14-10-6-7-11-15(14)21)20(17)13-8-4-3-5-9-13/h3-12,21H,1-2H3. The Morgan fingerprint density at radius 2 is 1.64 bits per heavy atom. The number of phenolic OH excluding ortho intramolecular Hbond substituents is 1. The van der Waals surface area contributed by atoms with Gasteiger partial charge in [0.05, 0.1) is 5.56 Å². The Balaban J connectivity index is 2.19. The van der Waals surface area contributed by atoms with Crippen LogP contribution >= 0.6 is 11.8 Å². The minimum Gasteiger partial charge on any atom is -0.507 e. The lowest BCUT2D eigenvalue weighted by molar-refractivity contribution is 0.476. The third kappa shape index (κ3) is 2.85. The molecule has 0 atom stereocenters. The van der Waals surface area contributed by atoms with E-state index in [1.807, 2.05) is 47.0 Å². The van der Waals surface area contributed by atoms with E-state index in [0.717, 1.165) is 10.8 Å². The van der Waals surface area contributed by atoms with Crippen LogP contribution in [0.1, 0.15) is 13.8 Å². The van der Waals surface area contributed by atoms with Crippen molar-refractivity contribution in [3.63, 3.8) is 0 Å². The molecule has 0 saturated carbocycles. The Kier molecular flexibility index (Phi) is 4.15. The van der Waals surface area contributed by atoms with Gasteiger partial charge in [-0.3, -0.25) is 4.57 Å². The van der Waals surface area contributed by atoms with Crippen LogP contribution < -0.4 is 0 Å². The van der Waals surface area contributed by atoms with Crippen LogP contribution in [0.2, 0.25) is 0 Å². The predicted molar refractivity (Wildman–Crippen MR) is 89.5 cm³/mol. The zero-order chi connectivity index (χ0) is 15.5. The molecule has 0 aliphatic carbocycles. The molecular weight excluding hydrogens is 294 g/mol. The smallest absolute Gasteiger partial charge is 0.196 e. The second kappa shape index (κ2) is 6.23. The van der Waals surface area contributed by atoms with Gasteiger partial charge in [-0.15, -0.1) is 10.2 Å². The Labute approximate surface area is 133 Å². The van der Waals surface area contributed by atoms with E-state index in [2.05, 4.69) is 24.0 Å². The van der Waals surface area contributed by atoms with Gasteiger partial charge in [-0.2, -0.15) is 0 Å². The van der Waals surface area contributed by atoms with E-state index in [9.17, 15) is 5.11 Å². The number of nitrogens with zero attached hydrogens (tertiary/aromatic N) is 3. The fraction of sp³-hybridized carbons (Fsp3) is 0.176. The number of para-hydroxylation sites is 2. The number of aromatic nitrogens is 3. The molecule has 0 aliphatic heterocycles. The summed E-state index contributed by atoms with van der Waals surface area (Å²) in [4.78, 5) is 0. The molecule has 4 nitrogen and oxygen atoms in total. The predicted octanol–water partition coefficient (Wildman–Crippen LogP) is 4.14. The maximum atomic E-state index is 10.1. The summed E-state index contributed by atoms with van der Waals surface area (Å²) in [6.45, 7) is 4.24. The molecule has 1 aromatic heterocycles. The highest BCUT2D eigenvalue weighted by Gasteiger charge is 2.18. The number of thioether (sulfide) groups is 1. The van der Waals surface area contributed by atoms with Crippen molar-refractivity contribution in [2.24, 2.45) is 0 Å². The Morgan fingerprint density at radius 1 is 0.955 bits per heavy atom. The van der Waals surface area contributed by atoms with Crippen molar-refractivity contribution in [3.8, 4) is 22.8 Å². The minimum atomic E-state index is 0.202. The fourth-order valence-electron chi connectivity index (χ4n) is 2.20. The Morgan fingerprint density at radius 3 is 2.32 bits per heavy atom. The summed E-state index contributed by atoms with van der Waals surface area (Å²) in [5.74, 6) is 0.848. The van der Waals surface area contributed by atoms with Gasteiger partial charge in [0.1, 0.15) is 5.75 Å². The molecule has 112 valence electrons. The molecule has 3 aromatic rings. The molecule has 5 heteroatoms. The van der Waals surface area contributed by atoms with Crippen LogP contribution in [0.5, 0.6) is 5.75 Å². The van der Waals surface area contributed by atoms with E-state index in [-0.39, 0.29) is 5.75 Å². The molecule has 0 radical (unpaired) electrons. The maximum Gasteiger partial charge on any atom is 0.196 e. The number of benzene rings is 2. The highest BCUT2D eigenvalue weighted by molar-refractivity contribution is 7.99. The fourth-order valence-corrected chi connectivity index (χ4v) is 3.01. The lowest BCUT2D eigenvalue weighted by atomic mass is 10.2. The molecule has 0 saturated heterocycles. The first-order chi connectivity index (χ1) is 10.7. The normalized spacial score (nSPS) is 11.0. The largest absolute Gasteiger partial charge is 0.507 e. The average molecular weight is 311 g/mol. The van der Waals surface area contributed by atoms with Gasteiger partial charge in [-0.1, -0.05) is 55.9 Å². The zero-order valence-electron chi connectivity index (χ0n) is 12.5. The molecule has 3 rings (SSSR count). The molecule has 0 spiro atoms. The van der Waals surface area contributed by atoms with Crippen molar-refractivity contribution in [1.82, 2.24) is 14.8 Å². The summed E-state index contributed by atoms with van der Waals surface area (Å²) in [5.41, 5.74) is 1.66. The maximum absolute atomic E-state index is 10.1. The lowest BCUT2D eigenvalue weighted by Crippen LogP contribution is -2.01. The van der Waals surface area contributed by atoms with Gasteiger partial charge in [0.2, 0.25) is 0 Å². The van der Waals surface area contributed by atoms with Gasteiger partial charge in [-0.05, 0) is 24.3 Å². The first-order valence-electron chi connectivity index (χ1n) is 7.12. The summed E-state index contributed by atoms with van der Waals surface area (Å²) in [7, 11) is 0. The average Bonchev–Trinajstić information content (AvgIpc) is 2.91. The van der Waals surface area contributed by atoms with Crippen LogP contribution in [0.15, 0.2) is 59.8 Å². The first-order valence-corrected chi connectivity index (χ1v) is 8.00. The van der Waals surface area contributed by atoms with E-state index in [1.165, 1.54) is 0 Å². The topological polar surface area (TPSA) is 50.9 Å². The highest BCUT2D eigenvalue weighted by Crippen LogP contribution is 2.33. The Bertz CT molecular complexity index is 769. The monoisotopic (exact) mass is 311 g/mol. The van der Waals surface area contributed by atoms with Crippen LogP contribution in [-0.4, -0.2) is 25.1 Å². The number of aromatic hydroxyl groups is 1. The van der Waals surface area contributed by atoms with Crippen molar-refractivity contribution in [3.05, 3.63) is 54.6 Å². The van der Waals surface area contributed by atoms with Crippen molar-refractivity contribution < 1.29 is 5.11 Å². The number of phenols is 1. The van der Waals surface area contributed by atoms with Gasteiger partial charge in [-0.25, -0.2) is 0 Å². The number of rotatable bonds is 4. The molecular formula is C17H17N3OS. The summed E-state index contributed by atoms with van der Waals surface area (Å²) in [5, 5.41) is 20.0. The molecule has 1 N–H and O–H groups in total. The van der Waals surface area contributed by atoms with Gasteiger partial charge in [0.25, 0.3) is 0 Å². The lowest BCUT2D eigenvalue weighted by Gasteiger charge is -2.12. The van der Waals surface area contributed by atoms with Crippen molar-refractivity contribution >= 4 is 11.8 Å². The second-order valence-electron chi connectivity index (χ2n) is 5.16. The molecule has 1 heterocycles. The van der Waals surface area contributed by atoms with Gasteiger partial charge < -0.3 is 5.11 Å².